The van der Waals surface area contributed by atoms with Gasteiger partial charge in [0.15, 0.2) is 0 Å². The molecular formula is C20H23N3O2. The monoisotopic (exact) mass is 337 g/mol. The van der Waals surface area contributed by atoms with E-state index in [-0.39, 0.29) is 23.8 Å². The van der Waals surface area contributed by atoms with Gasteiger partial charge in [0.05, 0.1) is 0 Å². The molecule has 1 N–H and O–H groups in total. The Kier molecular flexibility index (Phi) is 4.83. The zero-order valence-corrected chi connectivity index (χ0v) is 14.8. The summed E-state index contributed by atoms with van der Waals surface area (Å²) in [6.45, 7) is 6.00. The predicted octanol–water partition coefficient (Wildman–Crippen LogP) is 3.08. The number of aromatic nitrogens is 1. The second kappa shape index (κ2) is 7.05. The van der Waals surface area contributed by atoms with E-state index in [4.69, 9.17) is 0 Å². The van der Waals surface area contributed by atoms with E-state index in [9.17, 15) is 9.59 Å². The number of benzene rings is 1. The van der Waals surface area contributed by atoms with Gasteiger partial charge in [-0.25, -0.2) is 0 Å². The molecule has 1 aromatic carbocycles. The van der Waals surface area contributed by atoms with Gasteiger partial charge in [-0.1, -0.05) is 19.1 Å². The molecule has 1 amide bonds. The van der Waals surface area contributed by atoms with Gasteiger partial charge in [0.2, 0.25) is 5.91 Å². The summed E-state index contributed by atoms with van der Waals surface area (Å²) in [5.74, 6) is 0.403. The number of rotatable bonds is 4. The third-order valence-electron chi connectivity index (χ3n) is 4.27. The summed E-state index contributed by atoms with van der Waals surface area (Å²) in [4.78, 5) is 29.5. The summed E-state index contributed by atoms with van der Waals surface area (Å²) in [6, 6.07) is 12.6. The van der Waals surface area contributed by atoms with Crippen LogP contribution >= 0.6 is 0 Å². The number of pyridine rings is 1. The normalized spacial score (nSPS) is 19.8. The molecule has 1 aromatic heterocycles. The van der Waals surface area contributed by atoms with Crippen LogP contribution in [0.25, 0.3) is 0 Å². The van der Waals surface area contributed by atoms with Crippen molar-refractivity contribution in [2.24, 2.45) is 16.8 Å². The van der Waals surface area contributed by atoms with Crippen LogP contribution in [0.15, 0.2) is 53.7 Å². The minimum absolute atomic E-state index is 0.0277. The molecule has 2 atom stereocenters. The number of amides is 1. The van der Waals surface area contributed by atoms with Gasteiger partial charge in [0.25, 0.3) is 5.91 Å². The van der Waals surface area contributed by atoms with E-state index in [1.807, 2.05) is 26.0 Å². The molecule has 0 aliphatic heterocycles. The number of nitrogens with one attached hydrogen (secondary N) is 1. The molecule has 1 aliphatic rings. The lowest BCUT2D eigenvalue weighted by atomic mass is 10.1. The molecule has 5 nitrogen and oxygen atoms in total. The highest BCUT2D eigenvalue weighted by Crippen LogP contribution is 2.38. The molecule has 2 aromatic rings. The first kappa shape index (κ1) is 17.1. The van der Waals surface area contributed by atoms with Gasteiger partial charge in [-0.3, -0.25) is 19.1 Å². The summed E-state index contributed by atoms with van der Waals surface area (Å²) in [5, 5.41) is 2.90. The van der Waals surface area contributed by atoms with Crippen LogP contribution in [0, 0.1) is 11.8 Å². The maximum absolute atomic E-state index is 12.9. The Morgan fingerprint density at radius 3 is 2.64 bits per heavy atom. The van der Waals surface area contributed by atoms with Gasteiger partial charge >= 0.3 is 0 Å². The molecule has 25 heavy (non-hydrogen) atoms. The number of carbonyl (C=O) groups is 2. The molecule has 0 saturated heterocycles. The van der Waals surface area contributed by atoms with Gasteiger partial charge < -0.3 is 5.32 Å². The molecule has 1 heterocycles. The van der Waals surface area contributed by atoms with E-state index in [0.717, 1.165) is 6.42 Å². The van der Waals surface area contributed by atoms with Crippen LogP contribution in [0.3, 0.4) is 0 Å². The summed E-state index contributed by atoms with van der Waals surface area (Å²) in [5.41, 5.74) is 1.77. The minimum Gasteiger partial charge on any atom is -0.326 e. The minimum atomic E-state index is -0.170. The van der Waals surface area contributed by atoms with E-state index >= 15 is 0 Å². The van der Waals surface area contributed by atoms with Crippen LogP contribution in [-0.4, -0.2) is 22.4 Å². The molecule has 2 unspecified atom stereocenters. The molecule has 1 aliphatic carbocycles. The van der Waals surface area contributed by atoms with E-state index < -0.39 is 0 Å². The molecule has 1 saturated carbocycles. The topological polar surface area (TPSA) is 63.5 Å². The van der Waals surface area contributed by atoms with Crippen LogP contribution in [0.2, 0.25) is 0 Å². The maximum Gasteiger partial charge on any atom is 0.263 e. The Hall–Kier alpha value is -2.69. The van der Waals surface area contributed by atoms with Gasteiger partial charge in [0.1, 0.15) is 5.49 Å². The van der Waals surface area contributed by atoms with E-state index in [2.05, 4.69) is 17.2 Å². The lowest BCUT2D eigenvalue weighted by Crippen LogP contribution is -2.28. The first-order chi connectivity index (χ1) is 12.0. The van der Waals surface area contributed by atoms with Crippen LogP contribution in [0.4, 0.5) is 5.69 Å². The molecule has 3 rings (SSSR count). The molecular weight excluding hydrogens is 314 g/mol. The number of anilines is 1. The Morgan fingerprint density at radius 2 is 1.96 bits per heavy atom. The lowest BCUT2D eigenvalue weighted by Gasteiger charge is -2.09. The quantitative estimate of drug-likeness (QED) is 0.932. The first-order valence-electron chi connectivity index (χ1n) is 8.63. The van der Waals surface area contributed by atoms with E-state index in [1.54, 1.807) is 36.5 Å². The van der Waals surface area contributed by atoms with Crippen molar-refractivity contribution in [1.29, 1.82) is 0 Å². The fourth-order valence-corrected chi connectivity index (χ4v) is 2.77. The predicted molar refractivity (Wildman–Crippen MR) is 97.2 cm³/mol. The third kappa shape index (κ3) is 4.05. The van der Waals surface area contributed by atoms with Gasteiger partial charge in [-0.15, -0.1) is 0 Å². The fraction of sp³-hybridized carbons (Fsp3) is 0.350. The van der Waals surface area contributed by atoms with Crippen molar-refractivity contribution in [2.45, 2.75) is 33.2 Å². The smallest absolute Gasteiger partial charge is 0.263 e. The van der Waals surface area contributed by atoms with Crippen LogP contribution in [-0.2, 0) is 4.79 Å². The Morgan fingerprint density at radius 1 is 1.20 bits per heavy atom. The van der Waals surface area contributed by atoms with Crippen molar-refractivity contribution >= 4 is 17.5 Å². The summed E-state index contributed by atoms with van der Waals surface area (Å²) >= 11 is 0. The highest BCUT2D eigenvalue weighted by Gasteiger charge is 2.39. The highest BCUT2D eigenvalue weighted by molar-refractivity contribution is 5.99. The zero-order valence-electron chi connectivity index (χ0n) is 14.8. The number of nitrogens with zero attached hydrogens (tertiary/aromatic N) is 2. The average Bonchev–Trinajstić information content (AvgIpc) is 3.31. The molecule has 0 radical (unpaired) electrons. The molecule has 5 heteroatoms. The van der Waals surface area contributed by atoms with Crippen molar-refractivity contribution in [2.75, 3.05) is 5.32 Å². The van der Waals surface area contributed by atoms with Crippen molar-refractivity contribution in [3.05, 3.63) is 59.7 Å². The maximum atomic E-state index is 12.9. The fourth-order valence-electron chi connectivity index (χ4n) is 2.77. The molecule has 130 valence electrons. The van der Waals surface area contributed by atoms with Crippen LogP contribution in [0.5, 0.6) is 0 Å². The summed E-state index contributed by atoms with van der Waals surface area (Å²) < 4.78 is 1.53. The second-order valence-corrected chi connectivity index (χ2v) is 6.85. The van der Waals surface area contributed by atoms with Crippen molar-refractivity contribution in [3.8, 4) is 0 Å². The standard InChI is InChI=1S/C20H23N3O2/c1-13(2)21-18-9-4-5-10-23(18)20(25)15-7-6-8-16(12-15)22-19(24)17-11-14(17)3/h4-10,12-14,17H,11H2,1-3H3,(H,22,24). The number of hydrogen-bond donors (Lipinski definition) is 1. The van der Waals surface area contributed by atoms with Gasteiger partial charge in [-0.05, 0) is 56.5 Å². The van der Waals surface area contributed by atoms with E-state index in [0.29, 0.717) is 22.7 Å². The molecule has 1 fully saturated rings. The Balaban J connectivity index is 1.86. The third-order valence-corrected chi connectivity index (χ3v) is 4.27. The Bertz CT molecular complexity index is 867. The summed E-state index contributed by atoms with van der Waals surface area (Å²) in [6.07, 6.45) is 2.64. The largest absolute Gasteiger partial charge is 0.326 e. The lowest BCUT2D eigenvalue weighted by molar-refractivity contribution is -0.117. The molecule has 0 spiro atoms. The van der Waals surface area contributed by atoms with Gasteiger partial charge in [0, 0.05) is 29.4 Å². The second-order valence-electron chi connectivity index (χ2n) is 6.85. The summed E-state index contributed by atoms with van der Waals surface area (Å²) in [7, 11) is 0. The van der Waals surface area contributed by atoms with Crippen molar-refractivity contribution < 1.29 is 9.59 Å². The van der Waals surface area contributed by atoms with Crippen LogP contribution < -0.4 is 10.8 Å². The highest BCUT2D eigenvalue weighted by atomic mass is 16.2. The van der Waals surface area contributed by atoms with Gasteiger partial charge in [-0.2, -0.15) is 0 Å². The number of carbonyl (C=O) groups excluding carboxylic acids is 2. The first-order valence-corrected chi connectivity index (χ1v) is 8.63. The molecule has 0 bridgehead atoms. The number of hydrogen-bond acceptors (Lipinski definition) is 3. The SMILES string of the molecule is CC(C)N=c1ccccn1C(=O)c1cccc(NC(=O)C2CC2C)c1. The van der Waals surface area contributed by atoms with E-state index in [1.165, 1.54) is 4.57 Å². The van der Waals surface area contributed by atoms with Crippen LogP contribution in [0.1, 0.15) is 37.6 Å². The van der Waals surface area contributed by atoms with Crippen molar-refractivity contribution in [1.82, 2.24) is 4.57 Å². The zero-order chi connectivity index (χ0) is 18.0. The average molecular weight is 337 g/mol. The van der Waals surface area contributed by atoms with Crippen molar-refractivity contribution in [3.63, 3.8) is 0 Å². The Labute approximate surface area is 147 Å².